The van der Waals surface area contributed by atoms with E-state index in [0.29, 0.717) is 36.3 Å². The molecule has 26 heavy (non-hydrogen) atoms. The number of methoxy groups -OCH3 is 1. The van der Waals surface area contributed by atoms with Crippen LogP contribution in [0.5, 0.6) is 11.5 Å². The zero-order chi connectivity index (χ0) is 18.1. The van der Waals surface area contributed by atoms with Gasteiger partial charge in [-0.3, -0.25) is 9.69 Å². The highest BCUT2D eigenvalue weighted by Gasteiger charge is 2.57. The van der Waals surface area contributed by atoms with Gasteiger partial charge in [0.15, 0.2) is 11.5 Å². The van der Waals surface area contributed by atoms with Gasteiger partial charge in [-0.05, 0) is 62.1 Å². The number of phenols is 1. The number of halogens is 1. The first kappa shape index (κ1) is 17.1. The van der Waals surface area contributed by atoms with Crippen LogP contribution in [-0.2, 0) is 16.6 Å². The van der Waals surface area contributed by atoms with Gasteiger partial charge in [-0.25, -0.2) is 0 Å². The van der Waals surface area contributed by atoms with Crippen LogP contribution in [0.15, 0.2) is 10.5 Å². The topological polar surface area (TPSA) is 49.8 Å². The van der Waals surface area contributed by atoms with Crippen LogP contribution in [0.25, 0.3) is 0 Å². The minimum absolute atomic E-state index is 0.214. The monoisotopic (exact) mass is 419 g/mol. The molecule has 4 nitrogen and oxygen atoms in total. The second-order valence-corrected chi connectivity index (χ2v) is 9.59. The Morgan fingerprint density at radius 3 is 2.92 bits per heavy atom. The van der Waals surface area contributed by atoms with Crippen molar-refractivity contribution >= 4 is 21.7 Å². The predicted octanol–water partition coefficient (Wildman–Crippen LogP) is 3.81. The fraction of sp³-hybridized carbons (Fsp3) is 0.667. The van der Waals surface area contributed by atoms with Gasteiger partial charge >= 0.3 is 0 Å². The number of benzene rings is 1. The molecule has 5 rings (SSSR count). The molecule has 3 aliphatic carbocycles. The van der Waals surface area contributed by atoms with E-state index in [9.17, 15) is 9.90 Å². The number of phenolic OH excluding ortho intramolecular Hbond substituents is 1. The molecule has 4 aliphatic rings. The summed E-state index contributed by atoms with van der Waals surface area (Å²) in [5.74, 6) is 2.47. The average molecular weight is 420 g/mol. The van der Waals surface area contributed by atoms with E-state index in [4.69, 9.17) is 4.74 Å². The minimum atomic E-state index is -0.214. The molecule has 0 spiro atoms. The molecule has 1 aliphatic heterocycles. The molecule has 1 heterocycles. The smallest absolute Gasteiger partial charge is 0.161 e. The van der Waals surface area contributed by atoms with Crippen LogP contribution >= 0.6 is 15.9 Å². The largest absolute Gasteiger partial charge is 0.504 e. The van der Waals surface area contributed by atoms with Crippen molar-refractivity contribution in [3.63, 3.8) is 0 Å². The minimum Gasteiger partial charge on any atom is -0.504 e. The summed E-state index contributed by atoms with van der Waals surface area (Å²) in [6, 6.07) is 2.38. The summed E-state index contributed by atoms with van der Waals surface area (Å²) in [4.78, 5) is 15.2. The Bertz CT molecular complexity index is 775. The Hall–Kier alpha value is -1.07. The highest BCUT2D eigenvalue weighted by atomic mass is 79.9. The number of carbonyl (C=O) groups excluding carboxylic acids is 1. The third-order valence-electron chi connectivity index (χ3n) is 7.37. The molecule has 3 atom stereocenters. The van der Waals surface area contributed by atoms with Crippen molar-refractivity contribution in [1.82, 2.24) is 4.90 Å². The van der Waals surface area contributed by atoms with Gasteiger partial charge in [-0.2, -0.15) is 0 Å². The molecule has 2 unspecified atom stereocenters. The summed E-state index contributed by atoms with van der Waals surface area (Å²) in [6.07, 6.45) is 6.89. The maximum Gasteiger partial charge on any atom is 0.161 e. The first-order valence-corrected chi connectivity index (χ1v) is 10.7. The van der Waals surface area contributed by atoms with E-state index in [1.807, 2.05) is 6.07 Å². The Morgan fingerprint density at radius 2 is 2.19 bits per heavy atom. The number of nitrogens with zero attached hydrogens (tertiary/aromatic N) is 1. The van der Waals surface area contributed by atoms with Crippen molar-refractivity contribution in [2.45, 2.75) is 56.4 Å². The molecule has 140 valence electrons. The summed E-state index contributed by atoms with van der Waals surface area (Å²) < 4.78 is 6.45. The van der Waals surface area contributed by atoms with Crippen molar-refractivity contribution in [3.8, 4) is 11.5 Å². The Morgan fingerprint density at radius 1 is 1.38 bits per heavy atom. The van der Waals surface area contributed by atoms with Crippen LogP contribution in [0.2, 0.25) is 0 Å². The van der Waals surface area contributed by atoms with E-state index in [1.54, 1.807) is 7.11 Å². The van der Waals surface area contributed by atoms with Crippen molar-refractivity contribution in [3.05, 3.63) is 21.7 Å². The number of rotatable bonds is 3. The Balaban J connectivity index is 1.67. The van der Waals surface area contributed by atoms with E-state index in [1.165, 1.54) is 24.9 Å². The molecule has 3 fully saturated rings. The number of hydrogen-bond donors (Lipinski definition) is 1. The number of likely N-dealkylation sites (tertiary alicyclic amines) is 1. The standard InChI is InChI=1S/C21H26BrNO3/c1-26-18-9-16(22)14-8-17-15-5-4-13(24)10-21(15,19(14)20(18)25)6-7-23(17)11-12-2-3-12/h9,12,15,17,25H,2-8,10-11H2,1H3/t15?,17?,21-/m1/s1. The number of carbonyl (C=O) groups is 1. The number of Topliss-reactive ketones (excluding diaryl/α,β-unsaturated/α-hetero) is 1. The molecule has 1 aromatic carbocycles. The maximum atomic E-state index is 12.5. The summed E-state index contributed by atoms with van der Waals surface area (Å²) in [5, 5.41) is 11.0. The molecule has 1 N–H and O–H groups in total. The first-order chi connectivity index (χ1) is 12.5. The normalized spacial score (nSPS) is 33.5. The van der Waals surface area contributed by atoms with Crippen LogP contribution in [0.4, 0.5) is 0 Å². The molecule has 2 bridgehead atoms. The molecule has 0 aromatic heterocycles. The lowest BCUT2D eigenvalue weighted by Gasteiger charge is -2.58. The molecule has 1 saturated heterocycles. The molecular weight excluding hydrogens is 394 g/mol. The highest BCUT2D eigenvalue weighted by Crippen LogP contribution is 2.60. The molecule has 0 radical (unpaired) electrons. The van der Waals surface area contributed by atoms with E-state index >= 15 is 0 Å². The van der Waals surface area contributed by atoms with Gasteiger partial charge in [-0.15, -0.1) is 0 Å². The molecule has 0 amide bonds. The van der Waals surface area contributed by atoms with Crippen LogP contribution in [0.3, 0.4) is 0 Å². The maximum absolute atomic E-state index is 12.5. The summed E-state index contributed by atoms with van der Waals surface area (Å²) in [6.45, 7) is 2.25. The number of aromatic hydroxyl groups is 1. The van der Waals surface area contributed by atoms with Crippen molar-refractivity contribution in [2.75, 3.05) is 20.2 Å². The number of ketones is 1. The van der Waals surface area contributed by atoms with Gasteiger partial charge in [0, 0.05) is 40.9 Å². The Kier molecular flexibility index (Phi) is 3.91. The van der Waals surface area contributed by atoms with Crippen molar-refractivity contribution in [1.29, 1.82) is 0 Å². The van der Waals surface area contributed by atoms with Gasteiger partial charge in [-0.1, -0.05) is 15.9 Å². The fourth-order valence-corrected chi connectivity index (χ4v) is 6.62. The summed E-state index contributed by atoms with van der Waals surface area (Å²) in [5.41, 5.74) is 1.98. The zero-order valence-corrected chi connectivity index (χ0v) is 16.8. The van der Waals surface area contributed by atoms with Crippen LogP contribution < -0.4 is 4.74 Å². The van der Waals surface area contributed by atoms with Crippen LogP contribution in [0.1, 0.15) is 49.7 Å². The molecule has 1 aromatic rings. The van der Waals surface area contributed by atoms with Gasteiger partial charge in [0.25, 0.3) is 0 Å². The first-order valence-electron chi connectivity index (χ1n) is 9.88. The molecular formula is C21H26BrNO3. The number of fused-ring (bicyclic) bond motifs is 1. The zero-order valence-electron chi connectivity index (χ0n) is 15.3. The van der Waals surface area contributed by atoms with Crippen LogP contribution in [0, 0.1) is 11.8 Å². The summed E-state index contributed by atoms with van der Waals surface area (Å²) >= 11 is 3.73. The van der Waals surface area contributed by atoms with Gasteiger partial charge < -0.3 is 9.84 Å². The second-order valence-electron chi connectivity index (χ2n) is 8.74. The van der Waals surface area contributed by atoms with Gasteiger partial charge in [0.1, 0.15) is 5.78 Å². The van der Waals surface area contributed by atoms with Gasteiger partial charge in [0.05, 0.1) is 7.11 Å². The quantitative estimate of drug-likeness (QED) is 0.808. The van der Waals surface area contributed by atoms with E-state index < -0.39 is 0 Å². The Labute approximate surface area is 163 Å². The lowest BCUT2D eigenvalue weighted by atomic mass is 9.52. The van der Waals surface area contributed by atoms with E-state index in [2.05, 4.69) is 20.8 Å². The fourth-order valence-electron chi connectivity index (χ4n) is 6.05. The third-order valence-corrected chi connectivity index (χ3v) is 8.08. The molecule has 5 heteroatoms. The lowest BCUT2D eigenvalue weighted by Crippen LogP contribution is -2.62. The number of piperidine rings is 1. The average Bonchev–Trinajstić information content (AvgIpc) is 3.43. The second kappa shape index (κ2) is 5.96. The third kappa shape index (κ3) is 2.39. The SMILES string of the molecule is COc1cc(Br)c2c(c1O)[C@@]13CCN(CC4CC4)C(C2)C1CCC(=O)C3. The van der Waals surface area contributed by atoms with E-state index in [0.717, 1.165) is 41.8 Å². The summed E-state index contributed by atoms with van der Waals surface area (Å²) in [7, 11) is 1.60. The number of hydrogen-bond acceptors (Lipinski definition) is 4. The van der Waals surface area contributed by atoms with Crippen molar-refractivity contribution in [2.24, 2.45) is 11.8 Å². The number of ether oxygens (including phenoxy) is 1. The molecule has 2 saturated carbocycles. The lowest BCUT2D eigenvalue weighted by molar-refractivity contribution is -0.127. The van der Waals surface area contributed by atoms with Gasteiger partial charge in [0.2, 0.25) is 0 Å². The van der Waals surface area contributed by atoms with Crippen LogP contribution in [-0.4, -0.2) is 42.0 Å². The highest BCUT2D eigenvalue weighted by molar-refractivity contribution is 9.10. The van der Waals surface area contributed by atoms with E-state index in [-0.39, 0.29) is 11.2 Å². The predicted molar refractivity (Wildman–Crippen MR) is 103 cm³/mol. The van der Waals surface area contributed by atoms with Crippen molar-refractivity contribution < 1.29 is 14.6 Å².